The lowest BCUT2D eigenvalue weighted by Crippen LogP contribution is -2.32. The number of amides is 2. The van der Waals surface area contributed by atoms with Crippen molar-refractivity contribution in [2.24, 2.45) is 0 Å². The first-order valence-corrected chi connectivity index (χ1v) is 10.6. The van der Waals surface area contributed by atoms with Crippen LogP contribution in [0.1, 0.15) is 23.7 Å². The van der Waals surface area contributed by atoms with Crippen molar-refractivity contribution < 1.29 is 14.3 Å². The predicted octanol–water partition coefficient (Wildman–Crippen LogP) is 4.83. The van der Waals surface area contributed by atoms with Gasteiger partial charge in [0, 0.05) is 16.9 Å². The van der Waals surface area contributed by atoms with Gasteiger partial charge < -0.3 is 10.1 Å². The highest BCUT2D eigenvalue weighted by Gasteiger charge is 2.39. The SMILES string of the molecule is CCOc1ccc(C2=C(Nc3ccc(Cl)cc3C)C(=O)N(Cc3ccccn3)C2=O)cc1. The van der Waals surface area contributed by atoms with Crippen molar-refractivity contribution >= 4 is 34.7 Å². The number of benzene rings is 2. The van der Waals surface area contributed by atoms with E-state index in [-0.39, 0.29) is 18.1 Å². The smallest absolute Gasteiger partial charge is 0.278 e. The van der Waals surface area contributed by atoms with Gasteiger partial charge in [-0.1, -0.05) is 29.8 Å². The summed E-state index contributed by atoms with van der Waals surface area (Å²) in [5, 5.41) is 3.77. The number of carbonyl (C=O) groups excluding carboxylic acids is 2. The number of aryl methyl sites for hydroxylation is 1. The summed E-state index contributed by atoms with van der Waals surface area (Å²) in [5.41, 5.74) is 3.35. The third kappa shape index (κ3) is 4.36. The molecule has 7 heteroatoms. The van der Waals surface area contributed by atoms with E-state index in [1.54, 1.807) is 60.8 Å². The average Bonchev–Trinajstić information content (AvgIpc) is 3.01. The van der Waals surface area contributed by atoms with Gasteiger partial charge in [0.1, 0.15) is 11.4 Å². The number of aromatic nitrogens is 1. The van der Waals surface area contributed by atoms with Gasteiger partial charge in [-0.05, 0) is 67.4 Å². The Morgan fingerprint density at radius 3 is 2.47 bits per heavy atom. The van der Waals surface area contributed by atoms with E-state index in [4.69, 9.17) is 16.3 Å². The van der Waals surface area contributed by atoms with E-state index < -0.39 is 5.91 Å². The highest BCUT2D eigenvalue weighted by molar-refractivity contribution is 6.36. The van der Waals surface area contributed by atoms with Gasteiger partial charge in [-0.3, -0.25) is 19.5 Å². The first-order valence-electron chi connectivity index (χ1n) is 10.2. The number of carbonyl (C=O) groups is 2. The molecular formula is C25H22ClN3O3. The largest absolute Gasteiger partial charge is 0.494 e. The lowest BCUT2D eigenvalue weighted by Gasteiger charge is -2.15. The molecule has 0 saturated heterocycles. The van der Waals surface area contributed by atoms with Crippen molar-refractivity contribution in [3.05, 3.63) is 94.4 Å². The summed E-state index contributed by atoms with van der Waals surface area (Å²) in [5.74, 6) is -0.0835. The number of nitrogens with zero attached hydrogens (tertiary/aromatic N) is 2. The summed E-state index contributed by atoms with van der Waals surface area (Å²) in [6, 6.07) is 17.9. The molecule has 0 atom stereocenters. The van der Waals surface area contributed by atoms with Crippen molar-refractivity contribution in [1.82, 2.24) is 9.88 Å². The Morgan fingerprint density at radius 2 is 1.81 bits per heavy atom. The van der Waals surface area contributed by atoms with Crippen LogP contribution in [0.4, 0.5) is 5.69 Å². The zero-order chi connectivity index (χ0) is 22.7. The average molecular weight is 448 g/mol. The van der Waals surface area contributed by atoms with Crippen LogP contribution in [0.3, 0.4) is 0 Å². The molecule has 0 unspecified atom stereocenters. The topological polar surface area (TPSA) is 71.5 Å². The van der Waals surface area contributed by atoms with Gasteiger partial charge in [0.2, 0.25) is 0 Å². The number of imide groups is 1. The molecule has 4 rings (SSSR count). The summed E-state index contributed by atoms with van der Waals surface area (Å²) in [4.78, 5) is 32.2. The Kier molecular flexibility index (Phi) is 6.23. The van der Waals surface area contributed by atoms with Gasteiger partial charge >= 0.3 is 0 Å². The number of halogens is 1. The Hall–Kier alpha value is -3.64. The van der Waals surface area contributed by atoms with Crippen molar-refractivity contribution in [2.45, 2.75) is 20.4 Å². The molecule has 1 aliphatic rings. The molecule has 0 radical (unpaired) electrons. The molecule has 2 amide bonds. The molecule has 162 valence electrons. The summed E-state index contributed by atoms with van der Waals surface area (Å²) in [6.07, 6.45) is 1.64. The summed E-state index contributed by atoms with van der Waals surface area (Å²) < 4.78 is 5.51. The van der Waals surface area contributed by atoms with E-state index in [9.17, 15) is 9.59 Å². The van der Waals surface area contributed by atoms with Crippen molar-refractivity contribution in [3.8, 4) is 5.75 Å². The fourth-order valence-corrected chi connectivity index (χ4v) is 3.77. The number of pyridine rings is 1. The van der Waals surface area contributed by atoms with Gasteiger partial charge in [0.05, 0.1) is 24.4 Å². The normalized spacial score (nSPS) is 13.7. The molecule has 3 aromatic rings. The third-order valence-electron chi connectivity index (χ3n) is 5.12. The molecule has 2 aromatic carbocycles. The fraction of sp³-hybridized carbons (Fsp3) is 0.160. The van der Waals surface area contributed by atoms with Crippen LogP contribution in [0.2, 0.25) is 5.02 Å². The molecule has 0 saturated carbocycles. The monoisotopic (exact) mass is 447 g/mol. The molecule has 0 fully saturated rings. The molecule has 0 aliphatic carbocycles. The van der Waals surface area contributed by atoms with E-state index in [2.05, 4.69) is 10.3 Å². The van der Waals surface area contributed by atoms with Crippen molar-refractivity contribution in [1.29, 1.82) is 0 Å². The van der Waals surface area contributed by atoms with Gasteiger partial charge in [-0.15, -0.1) is 0 Å². The second-order valence-electron chi connectivity index (χ2n) is 7.31. The quantitative estimate of drug-likeness (QED) is 0.525. The second kappa shape index (κ2) is 9.24. The van der Waals surface area contributed by atoms with Crippen LogP contribution in [-0.2, 0) is 16.1 Å². The molecular weight excluding hydrogens is 426 g/mol. The molecule has 1 aliphatic heterocycles. The maximum absolute atomic E-state index is 13.4. The lowest BCUT2D eigenvalue weighted by atomic mass is 10.0. The molecule has 0 spiro atoms. The lowest BCUT2D eigenvalue weighted by molar-refractivity contribution is -0.137. The first kappa shape index (κ1) is 21.6. The molecule has 6 nitrogen and oxygen atoms in total. The van der Waals surface area contributed by atoms with Crippen LogP contribution in [0.25, 0.3) is 5.57 Å². The molecule has 1 N–H and O–H groups in total. The van der Waals surface area contributed by atoms with E-state index in [0.29, 0.717) is 39.9 Å². The number of rotatable bonds is 7. The van der Waals surface area contributed by atoms with Crippen LogP contribution in [-0.4, -0.2) is 28.3 Å². The Balaban J connectivity index is 1.74. The molecule has 0 bridgehead atoms. The van der Waals surface area contributed by atoms with Crippen LogP contribution in [0, 0.1) is 6.92 Å². The summed E-state index contributed by atoms with van der Waals surface area (Å²) >= 11 is 6.08. The molecule has 1 aromatic heterocycles. The number of anilines is 1. The van der Waals surface area contributed by atoms with E-state index in [1.165, 1.54) is 4.90 Å². The zero-order valence-corrected chi connectivity index (χ0v) is 18.5. The van der Waals surface area contributed by atoms with Crippen molar-refractivity contribution in [2.75, 3.05) is 11.9 Å². The number of hydrogen-bond acceptors (Lipinski definition) is 5. The first-order chi connectivity index (χ1) is 15.5. The minimum Gasteiger partial charge on any atom is -0.494 e. The Labute approximate surface area is 191 Å². The van der Waals surface area contributed by atoms with Gasteiger partial charge in [0.15, 0.2) is 0 Å². The maximum Gasteiger partial charge on any atom is 0.278 e. The highest BCUT2D eigenvalue weighted by atomic mass is 35.5. The minimum absolute atomic E-state index is 0.0871. The van der Waals surface area contributed by atoms with Crippen LogP contribution < -0.4 is 10.1 Å². The molecule has 2 heterocycles. The number of hydrogen-bond donors (Lipinski definition) is 1. The number of nitrogens with one attached hydrogen (secondary N) is 1. The second-order valence-corrected chi connectivity index (χ2v) is 7.75. The van der Waals surface area contributed by atoms with Crippen molar-refractivity contribution in [3.63, 3.8) is 0 Å². The Bertz CT molecular complexity index is 1190. The van der Waals surface area contributed by atoms with Crippen LogP contribution >= 0.6 is 11.6 Å². The highest BCUT2D eigenvalue weighted by Crippen LogP contribution is 2.33. The summed E-state index contributed by atoms with van der Waals surface area (Å²) in [6.45, 7) is 4.42. The Morgan fingerprint density at radius 1 is 1.03 bits per heavy atom. The van der Waals surface area contributed by atoms with Gasteiger partial charge in [0.25, 0.3) is 11.8 Å². The zero-order valence-electron chi connectivity index (χ0n) is 17.8. The predicted molar refractivity (Wildman–Crippen MR) is 124 cm³/mol. The minimum atomic E-state index is -0.404. The van der Waals surface area contributed by atoms with E-state index >= 15 is 0 Å². The third-order valence-corrected chi connectivity index (χ3v) is 5.35. The van der Waals surface area contributed by atoms with Crippen LogP contribution in [0.15, 0.2) is 72.6 Å². The van der Waals surface area contributed by atoms with E-state index in [0.717, 1.165) is 5.56 Å². The molecule has 32 heavy (non-hydrogen) atoms. The summed E-state index contributed by atoms with van der Waals surface area (Å²) in [7, 11) is 0. The fourth-order valence-electron chi connectivity index (χ4n) is 3.54. The van der Waals surface area contributed by atoms with Gasteiger partial charge in [-0.25, -0.2) is 0 Å². The maximum atomic E-state index is 13.4. The standard InChI is InChI=1S/C25H22ClN3O3/c1-3-32-20-10-7-17(8-11-20)22-23(28-21-12-9-18(26)14-16(21)2)25(31)29(24(22)30)15-19-6-4-5-13-27-19/h4-14,28H,3,15H2,1-2H3. The van der Waals surface area contributed by atoms with E-state index in [1.807, 2.05) is 19.9 Å². The van der Waals surface area contributed by atoms with Crippen LogP contribution in [0.5, 0.6) is 5.75 Å². The number of ether oxygens (including phenoxy) is 1. The van der Waals surface area contributed by atoms with Gasteiger partial charge in [-0.2, -0.15) is 0 Å².